The van der Waals surface area contributed by atoms with Crippen molar-refractivity contribution in [1.29, 1.82) is 0 Å². The zero-order chi connectivity index (χ0) is 25.8. The van der Waals surface area contributed by atoms with E-state index in [9.17, 15) is 25.0 Å². The second-order valence-corrected chi connectivity index (χ2v) is 9.29. The van der Waals surface area contributed by atoms with Crippen molar-refractivity contribution >= 4 is 45.5 Å². The maximum absolute atomic E-state index is 12.5. The van der Waals surface area contributed by atoms with Crippen molar-refractivity contribution in [2.75, 3.05) is 11.1 Å². The van der Waals surface area contributed by atoms with Gasteiger partial charge in [0, 0.05) is 46.8 Å². The Morgan fingerprint density at radius 1 is 1.11 bits per heavy atom. The number of hydrogen-bond donors (Lipinski definition) is 1. The van der Waals surface area contributed by atoms with E-state index in [1.165, 1.54) is 41.3 Å². The molecule has 0 aliphatic heterocycles. The lowest BCUT2D eigenvalue weighted by molar-refractivity contribution is -0.385. The molecule has 184 valence electrons. The first-order chi connectivity index (χ1) is 17.3. The molecule has 2 heterocycles. The number of thioether (sulfide) groups is 1. The van der Waals surface area contributed by atoms with Crippen molar-refractivity contribution < 1.29 is 14.6 Å². The van der Waals surface area contributed by atoms with Gasteiger partial charge in [0.05, 0.1) is 21.3 Å². The number of aryl methyl sites for hydroxylation is 1. The molecule has 0 radical (unpaired) electrons. The number of rotatable bonds is 9. The molecular formula is C22H19N7O5S2. The number of carbonyl (C=O) groups is 1. The smallest absolute Gasteiger partial charge is 0.272 e. The van der Waals surface area contributed by atoms with Crippen molar-refractivity contribution in [3.63, 3.8) is 0 Å². The van der Waals surface area contributed by atoms with E-state index in [0.29, 0.717) is 45.0 Å². The van der Waals surface area contributed by atoms with Crippen LogP contribution >= 0.6 is 23.1 Å². The first kappa shape index (κ1) is 24.9. The SMILES string of the molecule is CCn1c(SCC(=O)Nc2nc(-c3ccc(C)c([N+](=O)[O-])c3)cs2)nnc1-c1cccc([N+](=O)[O-])c1. The van der Waals surface area contributed by atoms with Crippen LogP contribution < -0.4 is 5.32 Å². The van der Waals surface area contributed by atoms with E-state index in [4.69, 9.17) is 0 Å². The second-order valence-electron chi connectivity index (χ2n) is 7.49. The van der Waals surface area contributed by atoms with Gasteiger partial charge in [-0.1, -0.05) is 36.0 Å². The number of nitro benzene ring substituents is 2. The van der Waals surface area contributed by atoms with E-state index in [1.54, 1.807) is 41.1 Å². The number of non-ortho nitro benzene ring substituents is 1. The minimum absolute atomic E-state index is 0.00648. The second kappa shape index (κ2) is 10.6. The predicted octanol–water partition coefficient (Wildman–Crippen LogP) is 4.94. The summed E-state index contributed by atoms with van der Waals surface area (Å²) >= 11 is 2.40. The maximum atomic E-state index is 12.5. The van der Waals surface area contributed by atoms with Gasteiger partial charge in [0.15, 0.2) is 16.1 Å². The fraction of sp³-hybridized carbons (Fsp3) is 0.182. The molecule has 0 aliphatic carbocycles. The number of nitrogens with one attached hydrogen (secondary N) is 1. The summed E-state index contributed by atoms with van der Waals surface area (Å²) in [6.45, 7) is 4.06. The monoisotopic (exact) mass is 525 g/mol. The number of hydrogen-bond acceptors (Lipinski definition) is 10. The van der Waals surface area contributed by atoms with E-state index in [-0.39, 0.29) is 23.0 Å². The van der Waals surface area contributed by atoms with Gasteiger partial charge in [-0.2, -0.15) is 0 Å². The largest absolute Gasteiger partial charge is 0.302 e. The van der Waals surface area contributed by atoms with Crippen LogP contribution in [0.4, 0.5) is 16.5 Å². The molecule has 4 rings (SSSR count). The van der Waals surface area contributed by atoms with Crippen LogP contribution in [0.3, 0.4) is 0 Å². The summed E-state index contributed by atoms with van der Waals surface area (Å²) in [7, 11) is 0. The maximum Gasteiger partial charge on any atom is 0.272 e. The Morgan fingerprint density at radius 2 is 1.92 bits per heavy atom. The number of nitro groups is 2. The molecule has 0 spiro atoms. The highest BCUT2D eigenvalue weighted by Crippen LogP contribution is 2.30. The number of anilines is 1. The standard InChI is InChI=1S/C22H19N7O5S2/c1-3-27-20(15-5-4-6-16(9-15)28(31)32)25-26-22(27)36-12-19(30)24-21-23-17(11-35-21)14-8-7-13(2)18(10-14)29(33)34/h4-11H,3,12H2,1-2H3,(H,23,24,30). The molecule has 2 aromatic heterocycles. The topological polar surface area (TPSA) is 159 Å². The Bertz CT molecular complexity index is 1470. The van der Waals surface area contributed by atoms with Crippen LogP contribution in [0.25, 0.3) is 22.6 Å². The molecule has 1 N–H and O–H groups in total. The summed E-state index contributed by atoms with van der Waals surface area (Å²) in [4.78, 5) is 38.3. The molecule has 0 saturated carbocycles. The van der Waals surface area contributed by atoms with Crippen LogP contribution in [0.2, 0.25) is 0 Å². The summed E-state index contributed by atoms with van der Waals surface area (Å²) in [5.74, 6) is 0.206. The average Bonchev–Trinajstić information content (AvgIpc) is 3.49. The summed E-state index contributed by atoms with van der Waals surface area (Å²) in [6, 6.07) is 11.0. The van der Waals surface area contributed by atoms with E-state index < -0.39 is 9.85 Å². The highest BCUT2D eigenvalue weighted by Gasteiger charge is 2.18. The third-order valence-electron chi connectivity index (χ3n) is 5.13. The van der Waals surface area contributed by atoms with Crippen LogP contribution in [0.5, 0.6) is 0 Å². The molecule has 4 aromatic rings. The van der Waals surface area contributed by atoms with Crippen LogP contribution in [0, 0.1) is 27.2 Å². The number of carbonyl (C=O) groups excluding carboxylic acids is 1. The summed E-state index contributed by atoms with van der Waals surface area (Å²) in [5, 5.41) is 35.9. The predicted molar refractivity (Wildman–Crippen MR) is 136 cm³/mol. The van der Waals surface area contributed by atoms with Gasteiger partial charge < -0.3 is 9.88 Å². The van der Waals surface area contributed by atoms with E-state index in [0.717, 1.165) is 0 Å². The first-order valence-electron chi connectivity index (χ1n) is 10.6. The van der Waals surface area contributed by atoms with Gasteiger partial charge in [0.2, 0.25) is 5.91 Å². The number of nitrogens with zero attached hydrogens (tertiary/aromatic N) is 6. The van der Waals surface area contributed by atoms with Crippen LogP contribution in [0.1, 0.15) is 12.5 Å². The molecule has 2 aromatic carbocycles. The van der Waals surface area contributed by atoms with E-state index >= 15 is 0 Å². The molecule has 0 atom stereocenters. The van der Waals surface area contributed by atoms with Gasteiger partial charge in [-0.25, -0.2) is 4.98 Å². The number of benzene rings is 2. The lowest BCUT2D eigenvalue weighted by Gasteiger charge is -2.07. The molecule has 0 fully saturated rings. The van der Waals surface area contributed by atoms with Crippen LogP contribution in [0.15, 0.2) is 53.0 Å². The molecule has 0 aliphatic rings. The Balaban J connectivity index is 1.43. The number of amides is 1. The average molecular weight is 526 g/mol. The molecule has 0 unspecified atom stereocenters. The zero-order valence-electron chi connectivity index (χ0n) is 19.1. The quantitative estimate of drug-likeness (QED) is 0.181. The van der Waals surface area contributed by atoms with Gasteiger partial charge in [0.25, 0.3) is 11.4 Å². The third kappa shape index (κ3) is 5.39. The Hall–Kier alpha value is -4.17. The van der Waals surface area contributed by atoms with Crippen molar-refractivity contribution in [2.24, 2.45) is 0 Å². The molecule has 36 heavy (non-hydrogen) atoms. The van der Waals surface area contributed by atoms with Crippen molar-refractivity contribution in [3.8, 4) is 22.6 Å². The minimum Gasteiger partial charge on any atom is -0.302 e. The summed E-state index contributed by atoms with van der Waals surface area (Å²) in [6.07, 6.45) is 0. The van der Waals surface area contributed by atoms with Gasteiger partial charge in [-0.3, -0.25) is 25.0 Å². The fourth-order valence-corrected chi connectivity index (χ4v) is 4.91. The molecule has 0 saturated heterocycles. The highest BCUT2D eigenvalue weighted by molar-refractivity contribution is 7.99. The molecule has 12 nitrogen and oxygen atoms in total. The first-order valence-corrected chi connectivity index (χ1v) is 12.4. The minimum atomic E-state index is -0.472. The molecule has 1 amide bonds. The van der Waals surface area contributed by atoms with Gasteiger partial charge in [-0.05, 0) is 13.8 Å². The molecular weight excluding hydrogens is 506 g/mol. The third-order valence-corrected chi connectivity index (χ3v) is 6.86. The zero-order valence-corrected chi connectivity index (χ0v) is 20.7. The molecule has 0 bridgehead atoms. The fourth-order valence-electron chi connectivity index (χ4n) is 3.37. The van der Waals surface area contributed by atoms with Gasteiger partial charge in [-0.15, -0.1) is 21.5 Å². The van der Waals surface area contributed by atoms with E-state index in [1.807, 2.05) is 6.92 Å². The summed E-state index contributed by atoms with van der Waals surface area (Å²) < 4.78 is 1.78. The Labute approximate surface area is 212 Å². The normalized spacial score (nSPS) is 10.8. The van der Waals surface area contributed by atoms with Crippen molar-refractivity contribution in [1.82, 2.24) is 19.7 Å². The Kier molecular flexibility index (Phi) is 7.36. The van der Waals surface area contributed by atoms with Crippen LogP contribution in [-0.2, 0) is 11.3 Å². The number of thiazole rings is 1. The number of aromatic nitrogens is 4. The summed E-state index contributed by atoms with van der Waals surface area (Å²) in [5.41, 5.74) is 2.18. The van der Waals surface area contributed by atoms with Crippen LogP contribution in [-0.4, -0.2) is 41.3 Å². The lowest BCUT2D eigenvalue weighted by Crippen LogP contribution is -2.14. The lowest BCUT2D eigenvalue weighted by atomic mass is 10.1. The molecule has 14 heteroatoms. The van der Waals surface area contributed by atoms with Gasteiger partial charge in [0.1, 0.15) is 0 Å². The highest BCUT2D eigenvalue weighted by atomic mass is 32.2. The Morgan fingerprint density at radius 3 is 2.64 bits per heavy atom. The van der Waals surface area contributed by atoms with Gasteiger partial charge >= 0.3 is 0 Å². The van der Waals surface area contributed by atoms with Crippen molar-refractivity contribution in [2.45, 2.75) is 25.5 Å². The van der Waals surface area contributed by atoms with E-state index in [2.05, 4.69) is 20.5 Å². The van der Waals surface area contributed by atoms with Crippen molar-refractivity contribution in [3.05, 3.63) is 73.6 Å².